The lowest BCUT2D eigenvalue weighted by Gasteiger charge is -2.01. The minimum Gasteiger partial charge on any atom is -0.297 e. The molecule has 0 bridgehead atoms. The summed E-state index contributed by atoms with van der Waals surface area (Å²) in [6.07, 6.45) is -1.55. The first-order chi connectivity index (χ1) is 8.02. The van der Waals surface area contributed by atoms with Crippen molar-refractivity contribution in [1.82, 2.24) is 9.97 Å². The van der Waals surface area contributed by atoms with E-state index in [1.165, 1.54) is 12.4 Å². The quantitative estimate of drug-likeness (QED) is 0.777. The molecule has 0 fully saturated rings. The summed E-state index contributed by atoms with van der Waals surface area (Å²) in [6, 6.07) is 3.17. The third kappa shape index (κ3) is 2.33. The van der Waals surface area contributed by atoms with Crippen molar-refractivity contribution in [2.45, 2.75) is 6.18 Å². The molecule has 0 saturated carbocycles. The van der Waals surface area contributed by atoms with Gasteiger partial charge >= 0.3 is 6.18 Å². The van der Waals surface area contributed by atoms with E-state index in [-0.39, 0.29) is 11.3 Å². The molecule has 0 aliphatic heterocycles. The van der Waals surface area contributed by atoms with E-state index < -0.39 is 16.7 Å². The smallest absolute Gasteiger partial charge is 0.297 e. The van der Waals surface area contributed by atoms with Crippen LogP contribution in [0.5, 0.6) is 0 Å². The molecule has 7 heteroatoms. The summed E-state index contributed by atoms with van der Waals surface area (Å²) in [6.45, 7) is 0. The Balaban J connectivity index is 2.53. The summed E-state index contributed by atoms with van der Waals surface area (Å²) >= 11 is 0.700. The molecule has 0 unspecified atom stereocenters. The molecule has 0 spiro atoms. The maximum absolute atomic E-state index is 12.5. The fourth-order valence-electron chi connectivity index (χ4n) is 1.23. The Labute approximate surface area is 98.0 Å². The Morgan fingerprint density at radius 3 is 2.59 bits per heavy atom. The van der Waals surface area contributed by atoms with E-state index >= 15 is 0 Å². The number of aromatic nitrogens is 2. The zero-order valence-electron chi connectivity index (χ0n) is 8.23. The third-order valence-electron chi connectivity index (χ3n) is 1.94. The minimum absolute atomic E-state index is 0.132. The van der Waals surface area contributed by atoms with E-state index in [4.69, 9.17) is 0 Å². The molecule has 2 aromatic rings. The van der Waals surface area contributed by atoms with Crippen LogP contribution in [0.3, 0.4) is 0 Å². The van der Waals surface area contributed by atoms with Gasteiger partial charge in [-0.25, -0.2) is 4.98 Å². The number of thiazole rings is 1. The Morgan fingerprint density at radius 1 is 1.35 bits per heavy atom. The lowest BCUT2D eigenvalue weighted by Crippen LogP contribution is -2.08. The number of hydrogen-bond acceptors (Lipinski definition) is 4. The summed E-state index contributed by atoms with van der Waals surface area (Å²) in [5, 5.41) is 0.132. The van der Waals surface area contributed by atoms with Gasteiger partial charge in [0.25, 0.3) is 0 Å². The number of pyridine rings is 1. The topological polar surface area (TPSA) is 42.9 Å². The van der Waals surface area contributed by atoms with E-state index in [0.29, 0.717) is 16.9 Å². The van der Waals surface area contributed by atoms with Crippen molar-refractivity contribution in [3.63, 3.8) is 0 Å². The molecule has 0 saturated heterocycles. The van der Waals surface area contributed by atoms with E-state index in [0.717, 1.165) is 0 Å². The molecule has 17 heavy (non-hydrogen) atoms. The highest BCUT2D eigenvalue weighted by molar-refractivity contribution is 7.16. The predicted molar refractivity (Wildman–Crippen MR) is 55.7 cm³/mol. The molecule has 0 aliphatic carbocycles. The summed E-state index contributed by atoms with van der Waals surface area (Å²) in [7, 11) is 0. The van der Waals surface area contributed by atoms with Crippen LogP contribution in [0.15, 0.2) is 24.5 Å². The number of aldehydes is 1. The molecule has 2 heterocycles. The van der Waals surface area contributed by atoms with E-state index in [1.54, 1.807) is 12.1 Å². The van der Waals surface area contributed by atoms with Crippen molar-refractivity contribution < 1.29 is 18.0 Å². The van der Waals surface area contributed by atoms with Gasteiger partial charge in [0, 0.05) is 18.0 Å². The molecule has 0 amide bonds. The van der Waals surface area contributed by atoms with Gasteiger partial charge in [-0.3, -0.25) is 9.78 Å². The van der Waals surface area contributed by atoms with Crippen molar-refractivity contribution in [3.8, 4) is 10.6 Å². The van der Waals surface area contributed by atoms with Crippen LogP contribution in [0.2, 0.25) is 0 Å². The molecular formula is C10H5F3N2OS. The minimum atomic E-state index is -4.62. The highest BCUT2D eigenvalue weighted by Gasteiger charge is 2.37. The number of rotatable bonds is 2. The first kappa shape index (κ1) is 11.7. The fraction of sp³-hybridized carbons (Fsp3) is 0.100. The highest BCUT2D eigenvalue weighted by Crippen LogP contribution is 2.36. The fourth-order valence-corrected chi connectivity index (χ4v) is 2.12. The van der Waals surface area contributed by atoms with Crippen molar-refractivity contribution in [2.24, 2.45) is 0 Å². The van der Waals surface area contributed by atoms with Gasteiger partial charge in [-0.2, -0.15) is 13.2 Å². The van der Waals surface area contributed by atoms with Crippen molar-refractivity contribution in [2.75, 3.05) is 0 Å². The van der Waals surface area contributed by atoms with Crippen LogP contribution in [-0.2, 0) is 6.18 Å². The number of hydrogen-bond donors (Lipinski definition) is 0. The molecule has 2 aromatic heterocycles. The van der Waals surface area contributed by atoms with Crippen LogP contribution >= 0.6 is 11.3 Å². The van der Waals surface area contributed by atoms with Gasteiger partial charge in [-0.05, 0) is 12.1 Å². The molecule has 88 valence electrons. The maximum Gasteiger partial charge on any atom is 0.434 e. The maximum atomic E-state index is 12.5. The Hall–Kier alpha value is -1.76. The predicted octanol–water partition coefficient (Wildman–Crippen LogP) is 3.04. The van der Waals surface area contributed by atoms with Crippen LogP contribution in [0.1, 0.15) is 15.4 Å². The van der Waals surface area contributed by atoms with Gasteiger partial charge in [-0.15, -0.1) is 11.3 Å². The van der Waals surface area contributed by atoms with Gasteiger partial charge in [0.1, 0.15) is 5.01 Å². The Kier molecular flexibility index (Phi) is 2.93. The molecule has 0 N–H and O–H groups in total. The normalized spacial score (nSPS) is 11.5. The van der Waals surface area contributed by atoms with Crippen LogP contribution in [0.4, 0.5) is 13.2 Å². The Morgan fingerprint density at radius 2 is 2.12 bits per heavy atom. The summed E-state index contributed by atoms with van der Waals surface area (Å²) in [4.78, 5) is 17.4. The first-order valence-electron chi connectivity index (χ1n) is 4.46. The van der Waals surface area contributed by atoms with E-state index in [1.807, 2.05) is 0 Å². The second-order valence-corrected chi connectivity index (χ2v) is 4.12. The molecular weight excluding hydrogens is 253 g/mol. The highest BCUT2D eigenvalue weighted by atomic mass is 32.1. The van der Waals surface area contributed by atoms with Crippen LogP contribution < -0.4 is 0 Å². The van der Waals surface area contributed by atoms with Crippen molar-refractivity contribution in [1.29, 1.82) is 0 Å². The molecule has 3 nitrogen and oxygen atoms in total. The standard InChI is InChI=1S/C10H5F3N2OS/c11-10(12,13)8-7(5-16)17-9(15-8)6-2-1-3-14-4-6/h1-5H. The largest absolute Gasteiger partial charge is 0.434 e. The Bertz CT molecular complexity index is 536. The van der Waals surface area contributed by atoms with Gasteiger partial charge in [-0.1, -0.05) is 0 Å². The average Bonchev–Trinajstić information content (AvgIpc) is 2.74. The third-order valence-corrected chi connectivity index (χ3v) is 2.97. The second kappa shape index (κ2) is 4.25. The van der Waals surface area contributed by atoms with Crippen molar-refractivity contribution >= 4 is 17.6 Å². The van der Waals surface area contributed by atoms with Crippen LogP contribution in [0, 0.1) is 0 Å². The van der Waals surface area contributed by atoms with E-state index in [2.05, 4.69) is 9.97 Å². The molecule has 0 aromatic carbocycles. The monoisotopic (exact) mass is 258 g/mol. The SMILES string of the molecule is O=Cc1sc(-c2cccnc2)nc1C(F)(F)F. The molecule has 0 aliphatic rings. The average molecular weight is 258 g/mol. The number of carbonyl (C=O) groups is 1. The summed E-state index contributed by atoms with van der Waals surface area (Å²) in [5.74, 6) is 0. The second-order valence-electron chi connectivity index (χ2n) is 3.09. The van der Waals surface area contributed by atoms with Gasteiger partial charge in [0.15, 0.2) is 12.0 Å². The lowest BCUT2D eigenvalue weighted by atomic mass is 10.3. The number of alkyl halides is 3. The number of halogens is 3. The molecule has 0 atom stereocenters. The van der Waals surface area contributed by atoms with Crippen LogP contribution in [-0.4, -0.2) is 16.3 Å². The van der Waals surface area contributed by atoms with E-state index in [9.17, 15) is 18.0 Å². The lowest BCUT2D eigenvalue weighted by molar-refractivity contribution is -0.140. The zero-order chi connectivity index (χ0) is 12.5. The molecule has 0 radical (unpaired) electrons. The first-order valence-corrected chi connectivity index (χ1v) is 5.27. The van der Waals surface area contributed by atoms with Gasteiger partial charge < -0.3 is 0 Å². The van der Waals surface area contributed by atoms with Crippen LogP contribution in [0.25, 0.3) is 10.6 Å². The summed E-state index contributed by atoms with van der Waals surface area (Å²) in [5.41, 5.74) is -0.688. The number of nitrogens with zero attached hydrogens (tertiary/aromatic N) is 2. The summed E-state index contributed by atoms with van der Waals surface area (Å²) < 4.78 is 37.6. The van der Waals surface area contributed by atoms with Gasteiger partial charge in [0.2, 0.25) is 0 Å². The number of carbonyl (C=O) groups excluding carboxylic acids is 1. The molecule has 2 rings (SSSR count). The van der Waals surface area contributed by atoms with Crippen molar-refractivity contribution in [3.05, 3.63) is 35.1 Å². The van der Waals surface area contributed by atoms with Gasteiger partial charge in [0.05, 0.1) is 4.88 Å². The zero-order valence-corrected chi connectivity index (χ0v) is 9.05.